The summed E-state index contributed by atoms with van der Waals surface area (Å²) in [6.45, 7) is 7.88. The van der Waals surface area contributed by atoms with Crippen LogP contribution in [0, 0.1) is 13.8 Å². The smallest absolute Gasteiger partial charge is 0.232 e. The van der Waals surface area contributed by atoms with Crippen molar-refractivity contribution in [2.75, 3.05) is 37.6 Å². The Hall–Kier alpha value is -2.30. The predicted molar refractivity (Wildman–Crippen MR) is 114 cm³/mol. The van der Waals surface area contributed by atoms with Gasteiger partial charge in [0.15, 0.2) is 0 Å². The maximum atomic E-state index is 12.5. The maximum absolute atomic E-state index is 12.5. The third-order valence-corrected chi connectivity index (χ3v) is 6.01. The van der Waals surface area contributed by atoms with Gasteiger partial charge in [0.25, 0.3) is 0 Å². The van der Waals surface area contributed by atoms with Gasteiger partial charge in [0.05, 0.1) is 0 Å². The minimum Gasteiger partial charge on any atom is -0.368 e. The van der Waals surface area contributed by atoms with Gasteiger partial charge in [0.2, 0.25) is 11.8 Å². The number of hydrogen-bond acceptors (Lipinski definition) is 3. The van der Waals surface area contributed by atoms with Crippen LogP contribution in [0.5, 0.6) is 0 Å². The molecule has 0 radical (unpaired) electrons. The third kappa shape index (κ3) is 5.37. The molecule has 0 bridgehead atoms. The van der Waals surface area contributed by atoms with Gasteiger partial charge in [0.1, 0.15) is 6.42 Å². The van der Waals surface area contributed by atoms with Gasteiger partial charge in [-0.15, -0.1) is 0 Å². The van der Waals surface area contributed by atoms with Crippen LogP contribution < -0.4 is 10.2 Å². The number of amides is 2. The first-order chi connectivity index (χ1) is 13.5. The quantitative estimate of drug-likeness (QED) is 0.605. The Bertz CT molecular complexity index is 733. The Kier molecular flexibility index (Phi) is 7.12. The summed E-state index contributed by atoms with van der Waals surface area (Å²) >= 11 is 0. The lowest BCUT2D eigenvalue weighted by atomic mass is 9.97. The number of rotatable bonds is 6. The first-order valence-electron chi connectivity index (χ1n) is 10.6. The van der Waals surface area contributed by atoms with Gasteiger partial charge in [-0.3, -0.25) is 9.59 Å². The Morgan fingerprint density at radius 2 is 1.86 bits per heavy atom. The second kappa shape index (κ2) is 9.76. The van der Waals surface area contributed by atoms with Crippen LogP contribution in [-0.4, -0.2) is 49.4 Å². The number of aryl methyl sites for hydroxylation is 1. The molecule has 0 aromatic heterocycles. The van der Waals surface area contributed by atoms with E-state index in [1.54, 1.807) is 0 Å². The summed E-state index contributed by atoms with van der Waals surface area (Å²) in [5, 5.41) is 2.91. The molecule has 1 N–H and O–H groups in total. The average molecular weight is 384 g/mol. The third-order valence-electron chi connectivity index (χ3n) is 6.01. The minimum atomic E-state index is -0.154. The average Bonchev–Trinajstić information content (AvgIpc) is 2.71. The second-order valence-electron chi connectivity index (χ2n) is 7.97. The Balaban J connectivity index is 1.40. The summed E-state index contributed by atoms with van der Waals surface area (Å²) in [6.07, 6.45) is 8.02. The molecule has 3 rings (SSSR count). The van der Waals surface area contributed by atoms with E-state index in [2.05, 4.69) is 48.3 Å². The molecule has 1 aliphatic carbocycles. The fourth-order valence-electron chi connectivity index (χ4n) is 4.08. The number of nitrogens with one attached hydrogen (secondary N) is 1. The molecular weight excluding hydrogens is 350 g/mol. The van der Waals surface area contributed by atoms with E-state index in [9.17, 15) is 9.59 Å². The van der Waals surface area contributed by atoms with Crippen molar-refractivity contribution >= 4 is 17.5 Å². The molecule has 0 spiro atoms. The van der Waals surface area contributed by atoms with Gasteiger partial charge in [0, 0.05) is 38.4 Å². The largest absolute Gasteiger partial charge is 0.368 e. The van der Waals surface area contributed by atoms with Crippen molar-refractivity contribution in [1.82, 2.24) is 10.2 Å². The minimum absolute atomic E-state index is 0.0392. The number of carbonyl (C=O) groups is 2. The number of anilines is 1. The molecule has 1 heterocycles. The highest BCUT2D eigenvalue weighted by Crippen LogP contribution is 2.24. The monoisotopic (exact) mass is 383 g/mol. The molecule has 0 saturated carbocycles. The van der Waals surface area contributed by atoms with E-state index in [1.807, 2.05) is 4.90 Å². The molecule has 1 aromatic carbocycles. The van der Waals surface area contributed by atoms with Crippen LogP contribution >= 0.6 is 0 Å². The SMILES string of the molecule is Cc1cccc(N2CCN(C(=O)CC(=O)NCCC3=CCCCC3)CC2)c1C. The van der Waals surface area contributed by atoms with Crippen LogP contribution in [0.3, 0.4) is 0 Å². The zero-order valence-corrected chi connectivity index (χ0v) is 17.3. The van der Waals surface area contributed by atoms with E-state index in [4.69, 9.17) is 0 Å². The van der Waals surface area contributed by atoms with E-state index in [0.29, 0.717) is 19.6 Å². The standard InChI is InChI=1S/C23H33N3O2/c1-18-7-6-10-21(19(18)2)25-13-15-26(16-14-25)23(28)17-22(27)24-12-11-20-8-4-3-5-9-20/h6-8,10H,3-5,9,11-17H2,1-2H3,(H,24,27). The second-order valence-corrected chi connectivity index (χ2v) is 7.97. The highest BCUT2D eigenvalue weighted by Gasteiger charge is 2.23. The zero-order valence-electron chi connectivity index (χ0n) is 17.3. The molecule has 1 aliphatic heterocycles. The fraction of sp³-hybridized carbons (Fsp3) is 0.565. The number of carbonyl (C=O) groups excluding carboxylic acids is 2. The lowest BCUT2D eigenvalue weighted by Crippen LogP contribution is -2.49. The molecule has 152 valence electrons. The van der Waals surface area contributed by atoms with Gasteiger partial charge < -0.3 is 15.1 Å². The maximum Gasteiger partial charge on any atom is 0.232 e. The number of piperazine rings is 1. The number of benzene rings is 1. The van der Waals surface area contributed by atoms with Crippen LogP contribution in [0.2, 0.25) is 0 Å². The molecular formula is C23H33N3O2. The summed E-state index contributed by atoms with van der Waals surface area (Å²) in [4.78, 5) is 28.8. The normalized spacial score (nSPS) is 17.3. The molecule has 0 unspecified atom stereocenters. The Morgan fingerprint density at radius 3 is 2.57 bits per heavy atom. The molecule has 28 heavy (non-hydrogen) atoms. The topological polar surface area (TPSA) is 52.7 Å². The van der Waals surface area contributed by atoms with Crippen LogP contribution in [0.1, 0.15) is 49.7 Å². The van der Waals surface area contributed by atoms with E-state index in [-0.39, 0.29) is 18.2 Å². The van der Waals surface area contributed by atoms with E-state index in [0.717, 1.165) is 32.4 Å². The van der Waals surface area contributed by atoms with Crippen LogP contribution in [0.25, 0.3) is 0 Å². The van der Waals surface area contributed by atoms with Gasteiger partial charge in [-0.1, -0.05) is 23.8 Å². The molecule has 0 atom stereocenters. The Labute approximate surface area is 168 Å². The summed E-state index contributed by atoms with van der Waals surface area (Å²) in [5.41, 5.74) is 5.29. The van der Waals surface area contributed by atoms with Crippen molar-refractivity contribution in [3.8, 4) is 0 Å². The van der Waals surface area contributed by atoms with Crippen LogP contribution in [0.15, 0.2) is 29.8 Å². The van der Waals surface area contributed by atoms with Crippen molar-refractivity contribution in [3.63, 3.8) is 0 Å². The lowest BCUT2D eigenvalue weighted by Gasteiger charge is -2.37. The fourth-order valence-corrected chi connectivity index (χ4v) is 4.08. The molecule has 2 amide bonds. The summed E-state index contributed by atoms with van der Waals surface area (Å²) in [7, 11) is 0. The lowest BCUT2D eigenvalue weighted by molar-refractivity contribution is -0.136. The number of hydrogen-bond donors (Lipinski definition) is 1. The molecule has 5 nitrogen and oxygen atoms in total. The van der Waals surface area contributed by atoms with Crippen molar-refractivity contribution in [1.29, 1.82) is 0 Å². The van der Waals surface area contributed by atoms with Gasteiger partial charge in [-0.05, 0) is 63.1 Å². The van der Waals surface area contributed by atoms with E-state index < -0.39 is 0 Å². The van der Waals surface area contributed by atoms with Gasteiger partial charge in [-0.25, -0.2) is 0 Å². The first-order valence-corrected chi connectivity index (χ1v) is 10.6. The van der Waals surface area contributed by atoms with E-state index >= 15 is 0 Å². The predicted octanol–water partition coefficient (Wildman–Crippen LogP) is 3.35. The molecule has 2 aliphatic rings. The first kappa shape index (κ1) is 20.4. The summed E-state index contributed by atoms with van der Waals surface area (Å²) in [6, 6.07) is 6.36. The molecule has 5 heteroatoms. The van der Waals surface area contributed by atoms with Crippen molar-refractivity contribution in [2.45, 2.75) is 52.4 Å². The summed E-state index contributed by atoms with van der Waals surface area (Å²) in [5.74, 6) is -0.214. The van der Waals surface area contributed by atoms with E-state index in [1.165, 1.54) is 35.2 Å². The Morgan fingerprint density at radius 1 is 1.07 bits per heavy atom. The zero-order chi connectivity index (χ0) is 19.9. The number of nitrogens with zero attached hydrogens (tertiary/aromatic N) is 2. The molecule has 1 aromatic rings. The number of allylic oxidation sites excluding steroid dienone is 1. The van der Waals surface area contributed by atoms with Crippen LogP contribution in [-0.2, 0) is 9.59 Å². The van der Waals surface area contributed by atoms with Crippen molar-refractivity contribution in [2.24, 2.45) is 0 Å². The van der Waals surface area contributed by atoms with Crippen molar-refractivity contribution < 1.29 is 9.59 Å². The highest BCUT2D eigenvalue weighted by molar-refractivity contribution is 5.97. The van der Waals surface area contributed by atoms with Gasteiger partial charge in [-0.2, -0.15) is 0 Å². The summed E-state index contributed by atoms with van der Waals surface area (Å²) < 4.78 is 0. The highest BCUT2D eigenvalue weighted by atomic mass is 16.2. The molecule has 1 saturated heterocycles. The van der Waals surface area contributed by atoms with Crippen LogP contribution in [0.4, 0.5) is 5.69 Å². The molecule has 1 fully saturated rings. The van der Waals surface area contributed by atoms with Crippen molar-refractivity contribution in [3.05, 3.63) is 41.0 Å². The van der Waals surface area contributed by atoms with Gasteiger partial charge >= 0.3 is 0 Å².